The zero-order valence-electron chi connectivity index (χ0n) is 15.9. The van der Waals surface area contributed by atoms with Crippen LogP contribution in [0.2, 0.25) is 4.34 Å². The van der Waals surface area contributed by atoms with Gasteiger partial charge >= 0.3 is 0 Å². The molecule has 0 atom stereocenters. The molecule has 0 bridgehead atoms. The summed E-state index contributed by atoms with van der Waals surface area (Å²) in [4.78, 5) is 35.3. The average molecular weight is 438 g/mol. The average Bonchev–Trinajstić information content (AvgIpc) is 3.29. The third-order valence-corrected chi connectivity index (χ3v) is 8.12. The van der Waals surface area contributed by atoms with E-state index in [-0.39, 0.29) is 5.91 Å². The van der Waals surface area contributed by atoms with E-state index in [0.29, 0.717) is 18.2 Å². The van der Waals surface area contributed by atoms with Crippen LogP contribution < -0.4 is 0 Å². The summed E-state index contributed by atoms with van der Waals surface area (Å²) < 4.78 is 0.727. The summed E-state index contributed by atoms with van der Waals surface area (Å²) in [5.74, 6) is 0.875. The largest absolute Gasteiger partial charge is 0.342 e. The van der Waals surface area contributed by atoms with Crippen LogP contribution in [-0.4, -0.2) is 52.8 Å². The van der Waals surface area contributed by atoms with Crippen molar-refractivity contribution in [3.8, 4) is 9.88 Å². The van der Waals surface area contributed by atoms with Crippen molar-refractivity contribution in [3.63, 3.8) is 0 Å². The molecule has 150 valence electrons. The summed E-state index contributed by atoms with van der Waals surface area (Å²) in [5, 5.41) is 0.858. The minimum Gasteiger partial charge on any atom is -0.342 e. The molecule has 0 spiro atoms. The van der Waals surface area contributed by atoms with Gasteiger partial charge in [-0.25, -0.2) is 4.98 Å². The topological polar surface area (TPSA) is 53.5 Å². The van der Waals surface area contributed by atoms with Crippen LogP contribution in [0, 0.1) is 12.8 Å². The van der Waals surface area contributed by atoms with E-state index in [9.17, 15) is 9.59 Å². The number of aryl methyl sites for hydroxylation is 1. The summed E-state index contributed by atoms with van der Waals surface area (Å²) >= 11 is 8.97. The van der Waals surface area contributed by atoms with Gasteiger partial charge < -0.3 is 9.80 Å². The number of thiophene rings is 1. The summed E-state index contributed by atoms with van der Waals surface area (Å²) in [6, 6.07) is 3.81. The number of hydrogen-bond donors (Lipinski definition) is 0. The molecule has 2 saturated heterocycles. The molecule has 0 unspecified atom stereocenters. The van der Waals surface area contributed by atoms with Crippen molar-refractivity contribution in [2.75, 3.05) is 26.2 Å². The van der Waals surface area contributed by atoms with Crippen molar-refractivity contribution in [1.29, 1.82) is 0 Å². The van der Waals surface area contributed by atoms with Crippen LogP contribution in [0.3, 0.4) is 0 Å². The summed E-state index contributed by atoms with van der Waals surface area (Å²) in [6.07, 6.45) is 4.75. The van der Waals surface area contributed by atoms with Crippen molar-refractivity contribution in [2.45, 2.75) is 39.0 Å². The first-order valence-electron chi connectivity index (χ1n) is 9.81. The van der Waals surface area contributed by atoms with E-state index >= 15 is 0 Å². The number of halogens is 1. The minimum absolute atomic E-state index is 0.0800. The zero-order valence-corrected chi connectivity index (χ0v) is 18.3. The number of hydrogen-bond acceptors (Lipinski definition) is 5. The van der Waals surface area contributed by atoms with Crippen LogP contribution in [0.1, 0.15) is 47.5 Å². The number of nitrogens with zero attached hydrogens (tertiary/aromatic N) is 3. The maximum atomic E-state index is 13.0. The number of thiazole rings is 1. The van der Waals surface area contributed by atoms with Crippen LogP contribution >= 0.6 is 34.3 Å². The Labute approximate surface area is 178 Å². The maximum absolute atomic E-state index is 13.0. The van der Waals surface area contributed by atoms with E-state index in [2.05, 4.69) is 4.98 Å². The fraction of sp³-hybridized carbons (Fsp3) is 0.550. The highest BCUT2D eigenvalue weighted by atomic mass is 35.5. The van der Waals surface area contributed by atoms with Crippen molar-refractivity contribution in [3.05, 3.63) is 27.0 Å². The van der Waals surface area contributed by atoms with Crippen LogP contribution in [0.4, 0.5) is 0 Å². The number of rotatable bonds is 4. The Hall–Kier alpha value is -1.44. The highest BCUT2D eigenvalue weighted by molar-refractivity contribution is 7.24. The van der Waals surface area contributed by atoms with Crippen LogP contribution in [0.25, 0.3) is 9.88 Å². The SMILES string of the molecule is Cc1nc(-c2ccc(Cl)s2)sc1C(=O)N1CCC(CN2CCCCC2=O)CC1. The molecule has 2 aliphatic rings. The smallest absolute Gasteiger partial charge is 0.265 e. The van der Waals surface area contributed by atoms with Gasteiger partial charge in [-0.15, -0.1) is 22.7 Å². The van der Waals surface area contributed by atoms with Crippen molar-refractivity contribution < 1.29 is 9.59 Å². The van der Waals surface area contributed by atoms with Gasteiger partial charge in [0.15, 0.2) is 0 Å². The summed E-state index contributed by atoms with van der Waals surface area (Å²) in [5.41, 5.74) is 0.788. The first-order chi connectivity index (χ1) is 13.5. The van der Waals surface area contributed by atoms with Crippen molar-refractivity contribution in [2.24, 2.45) is 5.92 Å². The van der Waals surface area contributed by atoms with E-state index in [1.165, 1.54) is 22.7 Å². The first kappa shape index (κ1) is 19.9. The molecule has 0 aromatic carbocycles. The van der Waals surface area contributed by atoms with Gasteiger partial charge in [-0.2, -0.15) is 0 Å². The first-order valence-corrected chi connectivity index (χ1v) is 11.8. The third kappa shape index (κ3) is 4.26. The molecule has 2 aromatic rings. The Morgan fingerprint density at radius 3 is 2.68 bits per heavy atom. The van der Waals surface area contributed by atoms with Gasteiger partial charge in [0.1, 0.15) is 9.88 Å². The fourth-order valence-corrected chi connectivity index (χ4v) is 6.09. The Morgan fingerprint density at radius 2 is 2.00 bits per heavy atom. The summed E-state index contributed by atoms with van der Waals surface area (Å²) in [6.45, 7) is 5.15. The molecule has 4 rings (SSSR count). The van der Waals surface area contributed by atoms with Crippen LogP contribution in [0.5, 0.6) is 0 Å². The molecule has 4 heterocycles. The molecule has 0 radical (unpaired) electrons. The zero-order chi connectivity index (χ0) is 19.7. The maximum Gasteiger partial charge on any atom is 0.265 e. The van der Waals surface area contributed by atoms with E-state index in [4.69, 9.17) is 11.6 Å². The standard InChI is InChI=1S/C20H24ClN3O2S2/c1-13-18(28-19(22-13)15-5-6-16(21)27-15)20(26)23-10-7-14(8-11-23)12-24-9-3-2-4-17(24)25/h5-6,14H,2-4,7-12H2,1H3. The predicted molar refractivity (Wildman–Crippen MR) is 114 cm³/mol. The Morgan fingerprint density at radius 1 is 1.21 bits per heavy atom. The minimum atomic E-state index is 0.0800. The molecular weight excluding hydrogens is 414 g/mol. The van der Waals surface area contributed by atoms with Gasteiger partial charge in [-0.05, 0) is 50.7 Å². The van der Waals surface area contributed by atoms with Gasteiger partial charge in [-0.3, -0.25) is 9.59 Å². The molecule has 8 heteroatoms. The molecule has 2 amide bonds. The highest BCUT2D eigenvalue weighted by Crippen LogP contribution is 2.35. The lowest BCUT2D eigenvalue weighted by atomic mass is 9.95. The number of piperidine rings is 2. The quantitative estimate of drug-likeness (QED) is 0.696. The van der Waals surface area contributed by atoms with Gasteiger partial charge in [0, 0.05) is 32.6 Å². The van der Waals surface area contributed by atoms with E-state index in [1.807, 2.05) is 28.9 Å². The van der Waals surface area contributed by atoms with Crippen LogP contribution in [-0.2, 0) is 4.79 Å². The second-order valence-electron chi connectivity index (χ2n) is 7.57. The van der Waals surface area contributed by atoms with Crippen LogP contribution in [0.15, 0.2) is 12.1 Å². The molecule has 28 heavy (non-hydrogen) atoms. The van der Waals surface area contributed by atoms with Gasteiger partial charge in [0.25, 0.3) is 5.91 Å². The number of likely N-dealkylation sites (tertiary alicyclic amines) is 2. The molecule has 2 aromatic heterocycles. The lowest BCUT2D eigenvalue weighted by Crippen LogP contribution is -2.44. The van der Waals surface area contributed by atoms with E-state index in [1.54, 1.807) is 0 Å². The lowest BCUT2D eigenvalue weighted by molar-refractivity contribution is -0.134. The fourth-order valence-electron chi connectivity index (χ4n) is 3.96. The number of amides is 2. The second-order valence-corrected chi connectivity index (χ2v) is 10.3. The number of carbonyl (C=O) groups excluding carboxylic acids is 2. The Kier molecular flexibility index (Phi) is 6.04. The monoisotopic (exact) mass is 437 g/mol. The predicted octanol–water partition coefficient (Wildman–Crippen LogP) is 4.70. The molecule has 0 aliphatic carbocycles. The van der Waals surface area contributed by atoms with E-state index < -0.39 is 0 Å². The normalized spacial score (nSPS) is 18.7. The number of aromatic nitrogens is 1. The van der Waals surface area contributed by atoms with Gasteiger partial charge in [-0.1, -0.05) is 11.6 Å². The molecule has 2 fully saturated rings. The third-order valence-electron chi connectivity index (χ3n) is 5.58. The molecule has 2 aliphatic heterocycles. The summed E-state index contributed by atoms with van der Waals surface area (Å²) in [7, 11) is 0. The highest BCUT2D eigenvalue weighted by Gasteiger charge is 2.29. The van der Waals surface area contributed by atoms with Crippen molar-refractivity contribution in [1.82, 2.24) is 14.8 Å². The Balaban J connectivity index is 1.36. The van der Waals surface area contributed by atoms with E-state index in [0.717, 1.165) is 76.7 Å². The molecular formula is C20H24ClN3O2S2. The molecule has 0 saturated carbocycles. The lowest BCUT2D eigenvalue weighted by Gasteiger charge is -2.36. The Bertz CT molecular complexity index is 871. The second kappa shape index (κ2) is 8.51. The van der Waals surface area contributed by atoms with Gasteiger partial charge in [0.05, 0.1) is 14.9 Å². The van der Waals surface area contributed by atoms with Crippen molar-refractivity contribution >= 4 is 46.1 Å². The van der Waals surface area contributed by atoms with Gasteiger partial charge in [0.2, 0.25) is 5.91 Å². The molecule has 0 N–H and O–H groups in total. The number of carbonyl (C=O) groups is 2. The molecule has 5 nitrogen and oxygen atoms in total.